The number of piperidine rings is 1. The first-order chi connectivity index (χ1) is 67.2. The summed E-state index contributed by atoms with van der Waals surface area (Å²) in [6.07, 6.45) is 24.2. The number of benzene rings is 3. The maximum Gasteiger partial charge on any atom is 0.152 e. The molecule has 0 amide bonds. The van der Waals surface area contributed by atoms with E-state index in [1.807, 2.05) is 13.8 Å². The quantitative estimate of drug-likeness (QED) is 0.197. The Morgan fingerprint density at radius 3 is 1.03 bits per heavy atom. The van der Waals surface area contributed by atoms with Crippen molar-refractivity contribution >= 4 is 11.8 Å². The van der Waals surface area contributed by atoms with Gasteiger partial charge in [-0.05, 0) is 541 Å². The summed E-state index contributed by atoms with van der Waals surface area (Å²) in [6, 6.07) is 8.24. The lowest BCUT2D eigenvalue weighted by Gasteiger charge is -2.44. The number of terminal acetylenes is 4. The normalized spacial score (nSPS) is 8.88. The van der Waals surface area contributed by atoms with Crippen LogP contribution in [0.2, 0.25) is 0 Å². The standard InChI is InChI=1S/C131H37NO3S/c1-10-17-24-29-34-38-42-46-50-53-56-58-59-60-61-63-66-70-74-78-82-86-90-97-104-121(132-110-99-92-100-111-132)115-134-127-118(102-95-88-84-80-76-72-68-64-55-52-48-44-40-36-31-26-19-12-3)112-120(113-119(127)103-96-89-85-81-77-73-69-65-62-57-54-51-47-43-39-35-30-25-18-11-2)131(9)130(125-109-108-122(133)114-117(125)101-94-87-83-79-75-71-67-49-45-41-37-32-27-20-13-4)136-129-124(107-98-91-33-28-21-14-5)116(8)123(106-93-22-15-6)126(105-23-16-7)128(129)135-131/h2-3,5,7,108-109,112-114,130,133H,1,92,99-100,110-111,115H2,4,6,8-9H3. The second-order valence-corrected chi connectivity index (χ2v) is 23.9. The van der Waals surface area contributed by atoms with Crippen LogP contribution >= 0.6 is 11.8 Å². The Bertz CT molecular complexity index is 9430. The number of rotatable bonds is 6. The van der Waals surface area contributed by atoms with Crippen LogP contribution in [-0.4, -0.2) is 29.7 Å². The predicted octanol–water partition coefficient (Wildman–Crippen LogP) is 11.9. The van der Waals surface area contributed by atoms with Crippen molar-refractivity contribution in [2.45, 2.75) is 62.7 Å². The summed E-state index contributed by atoms with van der Waals surface area (Å²) >= 11 is 1.32. The number of ether oxygens (including phenoxy) is 2. The highest BCUT2D eigenvalue weighted by Gasteiger charge is 2.48. The minimum Gasteiger partial charge on any atom is -0.508 e. The van der Waals surface area contributed by atoms with E-state index in [0.29, 0.717) is 57.1 Å². The Hall–Kier alpha value is -24.8. The summed E-state index contributed by atoms with van der Waals surface area (Å²) in [4.78, 5) is 2.58. The van der Waals surface area contributed by atoms with Crippen molar-refractivity contribution in [1.82, 2.24) is 4.90 Å². The summed E-state index contributed by atoms with van der Waals surface area (Å²) in [5.41, 5.74) is 67.3. The number of phenolic OH excluding ortho intramolecular Hbond substituents is 1. The third-order valence-corrected chi connectivity index (χ3v) is 16.0. The molecule has 4 nitrogen and oxygen atoms in total. The monoisotopic (exact) mass is 1700 g/mol. The highest BCUT2D eigenvalue weighted by Crippen LogP contribution is 2.60. The molecule has 1 N–H and O–H groups in total. The Kier molecular flexibility index (Phi) is 51.4. The molecule has 590 valence electrons. The molecule has 5 rings (SSSR count). The van der Waals surface area contributed by atoms with Gasteiger partial charge in [0, 0.05) is 105 Å². The molecule has 2 unspecified atom stereocenters. The minimum atomic E-state index is -1.65. The van der Waals surface area contributed by atoms with Gasteiger partial charge in [-0.3, -0.25) is 0 Å². The maximum atomic E-state index is 11.4. The van der Waals surface area contributed by atoms with Crippen molar-refractivity contribution in [3.63, 3.8) is 0 Å². The molecule has 2 heterocycles. The third kappa shape index (κ3) is 43.1. The average Bonchev–Trinajstić information content (AvgIpc) is 0.718. The molecule has 2 atom stereocenters. The van der Waals surface area contributed by atoms with Gasteiger partial charge in [-0.2, -0.15) is 0 Å². The van der Waals surface area contributed by atoms with Gasteiger partial charge in [0.05, 0.1) is 26.8 Å². The zero-order chi connectivity index (χ0) is 96.8. The van der Waals surface area contributed by atoms with Crippen LogP contribution in [0.15, 0.2) is 191 Å². The lowest BCUT2D eigenvalue weighted by molar-refractivity contribution is 0.0740. The molecule has 136 heavy (non-hydrogen) atoms. The molecule has 0 saturated carbocycles. The molecule has 0 aliphatic carbocycles. The van der Waals surface area contributed by atoms with E-state index < -0.39 is 10.9 Å². The summed E-state index contributed by atoms with van der Waals surface area (Å²) in [5.74, 6) is 186. The van der Waals surface area contributed by atoms with Crippen LogP contribution in [0.5, 0.6) is 17.2 Å². The summed E-state index contributed by atoms with van der Waals surface area (Å²) < 4.78 is 14.7. The van der Waals surface area contributed by atoms with E-state index >= 15 is 0 Å². The molecule has 1 saturated heterocycles. The van der Waals surface area contributed by atoms with Crippen LogP contribution in [0.25, 0.3) is 0 Å². The zero-order valence-corrected chi connectivity index (χ0v) is 72.7. The van der Waals surface area contributed by atoms with E-state index in [-0.39, 0.29) is 40.5 Å². The second-order valence-electron chi connectivity index (χ2n) is 22.8. The maximum absolute atomic E-state index is 11.4. The van der Waals surface area contributed by atoms with E-state index in [2.05, 4.69) is 569 Å². The predicted molar refractivity (Wildman–Crippen MR) is 528 cm³/mol. The minimum absolute atomic E-state index is 0.139. The Morgan fingerprint density at radius 1 is 0.368 bits per heavy atom. The Labute approximate surface area is 801 Å². The fourth-order valence-electron chi connectivity index (χ4n) is 9.26. The van der Waals surface area contributed by atoms with Crippen molar-refractivity contribution in [2.75, 3.05) is 19.7 Å². The number of likely N-dealkylation sites (tertiary alicyclic amines) is 1. The molecule has 3 aromatic carbocycles. The molecule has 0 spiro atoms. The van der Waals surface area contributed by atoms with E-state index in [1.165, 1.54) is 23.9 Å². The van der Waals surface area contributed by atoms with Gasteiger partial charge < -0.3 is 19.5 Å². The topological polar surface area (TPSA) is 41.9 Å². The van der Waals surface area contributed by atoms with Crippen molar-refractivity contribution in [1.29, 1.82) is 0 Å². The van der Waals surface area contributed by atoms with Crippen LogP contribution in [-0.2, 0) is 5.60 Å². The lowest BCUT2D eigenvalue weighted by Crippen LogP contribution is -2.39. The van der Waals surface area contributed by atoms with Crippen LogP contribution in [0.1, 0.15) is 95.4 Å². The molecular weight excluding hydrogens is 1670 g/mol. The largest absolute Gasteiger partial charge is 0.508 e. The molecule has 3 aromatic rings. The SMILES string of the molecule is C#CC#CC#CC#CC#CC#CC#CC#CC#CC#CC#Cc1cc(C2(C)Oc3c(C#CC#C)c(C#CC#CC)c(C)c(C#CC#CC#CC#C)c3SC2c2ccc(O)cc2C#CC#CC#CC#CC#CC#CC#CC#CC)cc(C#CC#CC#CC#CC#CC#CC#CC#CC#CC#C)c1OCC(=C=C=C=C=C=C=C=C=C=C=C=C=C=C=C=C=C=C=C=C=C=C=C=C=C=C)N1CCCCC1. The smallest absolute Gasteiger partial charge is 0.152 e. The van der Waals surface area contributed by atoms with Gasteiger partial charge in [-0.25, -0.2) is 0 Å². The Morgan fingerprint density at radius 2 is 0.669 bits per heavy atom. The zero-order valence-electron chi connectivity index (χ0n) is 71.8. The van der Waals surface area contributed by atoms with E-state index in [1.54, 1.807) is 32.0 Å². The van der Waals surface area contributed by atoms with Crippen molar-refractivity contribution < 1.29 is 14.6 Å². The number of phenols is 1. The van der Waals surface area contributed by atoms with Gasteiger partial charge in [0.25, 0.3) is 0 Å². The first kappa shape index (κ1) is 102. The summed E-state index contributed by atoms with van der Waals surface area (Å²) in [7, 11) is 0. The first-order valence-corrected chi connectivity index (χ1v) is 38.6. The second kappa shape index (κ2) is 68.8. The number of hydrogen-bond donors (Lipinski definition) is 1. The number of thioether (sulfide) groups is 1. The molecule has 5 heteroatoms. The van der Waals surface area contributed by atoms with Crippen molar-refractivity contribution in [2.24, 2.45) is 0 Å². The van der Waals surface area contributed by atoms with E-state index in [4.69, 9.17) is 35.2 Å². The van der Waals surface area contributed by atoms with E-state index in [9.17, 15) is 5.11 Å². The van der Waals surface area contributed by atoms with Gasteiger partial charge in [0.1, 0.15) is 23.7 Å². The number of hydrogen-bond acceptors (Lipinski definition) is 5. The molecule has 1 fully saturated rings. The molecule has 0 radical (unpaired) electrons. The Balaban J connectivity index is 2.02. The fraction of sp³-hybridized carbons (Fsp3) is 0.0916. The third-order valence-electron chi connectivity index (χ3n) is 14.4. The number of fused-ring (bicyclic) bond motifs is 1. The molecule has 2 aliphatic heterocycles. The summed E-state index contributed by atoms with van der Waals surface area (Å²) in [5, 5.41) is 10.5. The van der Waals surface area contributed by atoms with Crippen LogP contribution < -0.4 is 9.47 Å². The fourth-order valence-corrected chi connectivity index (χ4v) is 10.8. The highest BCUT2D eigenvalue weighted by atomic mass is 32.2. The van der Waals surface area contributed by atoms with Crippen LogP contribution in [0.4, 0.5) is 0 Å². The number of nitrogens with zero attached hydrogens (tertiary/aromatic N) is 1. The van der Waals surface area contributed by atoms with Gasteiger partial charge in [0.15, 0.2) is 11.5 Å². The summed E-state index contributed by atoms with van der Waals surface area (Å²) in [6.45, 7) is 11.4. The molecular formula is C131H37NO3S. The van der Waals surface area contributed by atoms with Crippen molar-refractivity contribution in [3.8, 4) is 457 Å². The first-order valence-electron chi connectivity index (χ1n) is 37.8. The van der Waals surface area contributed by atoms with Crippen LogP contribution in [0.3, 0.4) is 0 Å². The van der Waals surface area contributed by atoms with Crippen molar-refractivity contribution in [3.05, 3.63) is 236 Å². The van der Waals surface area contributed by atoms with Gasteiger partial charge in [-0.15, -0.1) is 37.5 Å². The van der Waals surface area contributed by atoms with Gasteiger partial charge >= 0.3 is 0 Å². The van der Waals surface area contributed by atoms with Crippen LogP contribution in [0, 0.1) is 447 Å². The lowest BCUT2D eigenvalue weighted by atomic mass is 9.83. The highest BCUT2D eigenvalue weighted by molar-refractivity contribution is 7.99. The van der Waals surface area contributed by atoms with E-state index in [0.717, 1.165) is 19.3 Å². The number of aromatic hydroxyl groups is 1. The van der Waals surface area contributed by atoms with Gasteiger partial charge in [-0.1, -0.05) is 41.4 Å². The average molecular weight is 1700 g/mol. The molecule has 0 bridgehead atoms. The molecule has 0 aromatic heterocycles. The molecule has 2 aliphatic rings. The van der Waals surface area contributed by atoms with Gasteiger partial charge in [0.2, 0.25) is 0 Å².